The lowest BCUT2D eigenvalue weighted by Crippen LogP contribution is -2.34. The van der Waals surface area contributed by atoms with Gasteiger partial charge in [0.2, 0.25) is 0 Å². The van der Waals surface area contributed by atoms with Gasteiger partial charge in [0.15, 0.2) is 0 Å². The lowest BCUT2D eigenvalue weighted by atomic mass is 9.87. The Bertz CT molecular complexity index is 340. The van der Waals surface area contributed by atoms with E-state index in [2.05, 4.69) is 31.0 Å². The van der Waals surface area contributed by atoms with Gasteiger partial charge in [-0.1, -0.05) is 6.92 Å². The van der Waals surface area contributed by atoms with Crippen LogP contribution < -0.4 is 5.73 Å². The third kappa shape index (κ3) is 3.54. The zero-order chi connectivity index (χ0) is 12.3. The predicted molar refractivity (Wildman–Crippen MR) is 75.1 cm³/mol. The Hall–Kier alpha value is -0.380. The van der Waals surface area contributed by atoms with Crippen LogP contribution in [0.1, 0.15) is 42.4 Å². The Morgan fingerprint density at radius 3 is 2.47 bits per heavy atom. The molecule has 0 amide bonds. The van der Waals surface area contributed by atoms with Crippen molar-refractivity contribution in [3.8, 4) is 0 Å². The van der Waals surface area contributed by atoms with Gasteiger partial charge in [0, 0.05) is 28.9 Å². The smallest absolute Gasteiger partial charge is 0.0327 e. The predicted octanol–water partition coefficient (Wildman–Crippen LogP) is 3.22. The Morgan fingerprint density at radius 1 is 1.24 bits per heavy atom. The van der Waals surface area contributed by atoms with Gasteiger partial charge in [-0.3, -0.25) is 4.90 Å². The number of thiophene rings is 1. The fraction of sp³-hybridized carbons (Fsp3) is 0.714. The highest BCUT2D eigenvalue weighted by Crippen LogP contribution is 2.28. The molecule has 1 fully saturated rings. The second kappa shape index (κ2) is 5.98. The van der Waals surface area contributed by atoms with Crippen molar-refractivity contribution in [2.45, 2.75) is 51.7 Å². The van der Waals surface area contributed by atoms with E-state index in [0.717, 1.165) is 18.5 Å². The van der Waals surface area contributed by atoms with Crippen LogP contribution in [0.3, 0.4) is 0 Å². The highest BCUT2D eigenvalue weighted by Gasteiger charge is 2.21. The standard InChI is InChI=1S/C14H24N2S/c1-11-3-5-12(6-4-11)16(2)10-14-8-7-13(9-15)17-14/h7-8,11-12H,3-6,9-10,15H2,1-2H3. The molecule has 1 aliphatic carbocycles. The molecule has 0 saturated heterocycles. The fourth-order valence-corrected chi connectivity index (χ4v) is 3.64. The number of nitrogens with zero attached hydrogens (tertiary/aromatic N) is 1. The third-order valence-electron chi connectivity index (χ3n) is 3.93. The van der Waals surface area contributed by atoms with E-state index in [0.29, 0.717) is 6.54 Å². The van der Waals surface area contributed by atoms with Gasteiger partial charge in [-0.2, -0.15) is 0 Å². The molecule has 0 aromatic carbocycles. The lowest BCUT2D eigenvalue weighted by Gasteiger charge is -2.33. The van der Waals surface area contributed by atoms with E-state index in [1.54, 1.807) is 0 Å². The Balaban J connectivity index is 1.85. The second-order valence-electron chi connectivity index (χ2n) is 5.40. The van der Waals surface area contributed by atoms with Crippen molar-refractivity contribution in [1.82, 2.24) is 4.90 Å². The molecule has 0 spiro atoms. The average Bonchev–Trinajstić information content (AvgIpc) is 2.77. The first-order chi connectivity index (χ1) is 8.19. The molecule has 2 rings (SSSR count). The molecule has 1 aromatic heterocycles. The Labute approximate surface area is 109 Å². The van der Waals surface area contributed by atoms with E-state index in [1.807, 2.05) is 11.3 Å². The monoisotopic (exact) mass is 252 g/mol. The molecule has 96 valence electrons. The van der Waals surface area contributed by atoms with Gasteiger partial charge < -0.3 is 5.73 Å². The van der Waals surface area contributed by atoms with E-state index < -0.39 is 0 Å². The third-order valence-corrected chi connectivity index (χ3v) is 5.02. The highest BCUT2D eigenvalue weighted by molar-refractivity contribution is 7.11. The van der Waals surface area contributed by atoms with Gasteiger partial charge in [0.25, 0.3) is 0 Å². The van der Waals surface area contributed by atoms with Crippen LogP contribution in [0.15, 0.2) is 12.1 Å². The van der Waals surface area contributed by atoms with Crippen LogP contribution in [0.4, 0.5) is 0 Å². The van der Waals surface area contributed by atoms with Gasteiger partial charge in [-0.05, 0) is 50.8 Å². The van der Waals surface area contributed by atoms with E-state index in [9.17, 15) is 0 Å². The van der Waals surface area contributed by atoms with Crippen LogP contribution in [0.5, 0.6) is 0 Å². The molecule has 1 saturated carbocycles. The number of hydrogen-bond acceptors (Lipinski definition) is 3. The minimum Gasteiger partial charge on any atom is -0.326 e. The molecule has 17 heavy (non-hydrogen) atoms. The normalized spacial score (nSPS) is 25.4. The maximum Gasteiger partial charge on any atom is 0.0327 e. The number of hydrogen-bond donors (Lipinski definition) is 1. The topological polar surface area (TPSA) is 29.3 Å². The lowest BCUT2D eigenvalue weighted by molar-refractivity contribution is 0.165. The molecule has 1 heterocycles. The van der Waals surface area contributed by atoms with E-state index in [4.69, 9.17) is 5.73 Å². The van der Waals surface area contributed by atoms with Gasteiger partial charge in [-0.15, -0.1) is 11.3 Å². The van der Waals surface area contributed by atoms with Gasteiger partial charge in [-0.25, -0.2) is 0 Å². The van der Waals surface area contributed by atoms with Gasteiger partial charge in [0.1, 0.15) is 0 Å². The molecule has 0 unspecified atom stereocenters. The SMILES string of the molecule is CC1CCC(N(C)Cc2ccc(CN)s2)CC1. The van der Waals surface area contributed by atoms with Gasteiger partial charge >= 0.3 is 0 Å². The minimum absolute atomic E-state index is 0.676. The molecule has 0 radical (unpaired) electrons. The summed E-state index contributed by atoms with van der Waals surface area (Å²) in [6.45, 7) is 4.14. The summed E-state index contributed by atoms with van der Waals surface area (Å²) in [6.07, 6.45) is 5.53. The summed E-state index contributed by atoms with van der Waals surface area (Å²) in [5.74, 6) is 0.935. The molecule has 1 aromatic rings. The Morgan fingerprint density at radius 2 is 1.88 bits per heavy atom. The zero-order valence-electron chi connectivity index (χ0n) is 11.0. The van der Waals surface area contributed by atoms with Crippen molar-refractivity contribution >= 4 is 11.3 Å². The number of rotatable bonds is 4. The molecule has 2 nitrogen and oxygen atoms in total. The fourth-order valence-electron chi connectivity index (χ4n) is 2.68. The minimum atomic E-state index is 0.676. The number of nitrogens with two attached hydrogens (primary N) is 1. The van der Waals surface area contributed by atoms with Crippen LogP contribution in [0.2, 0.25) is 0 Å². The summed E-state index contributed by atoms with van der Waals surface area (Å²) in [5.41, 5.74) is 5.65. The summed E-state index contributed by atoms with van der Waals surface area (Å²) < 4.78 is 0. The van der Waals surface area contributed by atoms with Crippen LogP contribution in [-0.4, -0.2) is 18.0 Å². The average molecular weight is 252 g/mol. The second-order valence-corrected chi connectivity index (χ2v) is 6.65. The molecular formula is C14H24N2S. The van der Waals surface area contributed by atoms with E-state index in [1.165, 1.54) is 35.4 Å². The quantitative estimate of drug-likeness (QED) is 0.891. The molecule has 2 N–H and O–H groups in total. The first kappa shape index (κ1) is 13.1. The van der Waals surface area contributed by atoms with Crippen molar-refractivity contribution in [3.63, 3.8) is 0 Å². The molecule has 3 heteroatoms. The first-order valence-electron chi connectivity index (χ1n) is 6.67. The van der Waals surface area contributed by atoms with Crippen molar-refractivity contribution in [2.24, 2.45) is 11.7 Å². The van der Waals surface area contributed by atoms with Gasteiger partial charge in [0.05, 0.1) is 0 Å². The summed E-state index contributed by atoms with van der Waals surface area (Å²) in [7, 11) is 2.27. The highest BCUT2D eigenvalue weighted by atomic mass is 32.1. The van der Waals surface area contributed by atoms with E-state index in [-0.39, 0.29) is 0 Å². The van der Waals surface area contributed by atoms with Crippen molar-refractivity contribution in [2.75, 3.05) is 7.05 Å². The van der Waals surface area contributed by atoms with Crippen LogP contribution >= 0.6 is 11.3 Å². The van der Waals surface area contributed by atoms with Crippen LogP contribution in [-0.2, 0) is 13.1 Å². The van der Waals surface area contributed by atoms with Crippen molar-refractivity contribution in [3.05, 3.63) is 21.9 Å². The summed E-state index contributed by atoms with van der Waals surface area (Å²) in [5, 5.41) is 0. The van der Waals surface area contributed by atoms with Crippen molar-refractivity contribution in [1.29, 1.82) is 0 Å². The summed E-state index contributed by atoms with van der Waals surface area (Å²) >= 11 is 1.86. The Kier molecular flexibility index (Phi) is 4.60. The summed E-state index contributed by atoms with van der Waals surface area (Å²) in [4.78, 5) is 5.27. The van der Waals surface area contributed by atoms with Crippen LogP contribution in [0.25, 0.3) is 0 Å². The largest absolute Gasteiger partial charge is 0.326 e. The summed E-state index contributed by atoms with van der Waals surface area (Å²) in [6, 6.07) is 5.18. The first-order valence-corrected chi connectivity index (χ1v) is 7.48. The molecule has 0 bridgehead atoms. The molecular weight excluding hydrogens is 228 g/mol. The zero-order valence-corrected chi connectivity index (χ0v) is 11.8. The van der Waals surface area contributed by atoms with Crippen LogP contribution in [0, 0.1) is 5.92 Å². The maximum absolute atomic E-state index is 5.65. The molecule has 0 atom stereocenters. The maximum atomic E-state index is 5.65. The molecule has 0 aliphatic heterocycles. The molecule has 1 aliphatic rings. The van der Waals surface area contributed by atoms with Crippen molar-refractivity contribution < 1.29 is 0 Å². The van der Waals surface area contributed by atoms with E-state index >= 15 is 0 Å².